The number of hydrogen-bond acceptors (Lipinski definition) is 2. The van der Waals surface area contributed by atoms with Gasteiger partial charge in [-0.25, -0.2) is 0 Å². The minimum atomic E-state index is -1.56. The molecule has 1 rings (SSSR count). The molecule has 0 saturated heterocycles. The van der Waals surface area contributed by atoms with Gasteiger partial charge < -0.3 is 8.85 Å². The second-order valence-corrected chi connectivity index (χ2v) is 5.45. The molecule has 0 atom stereocenters. The Labute approximate surface area is 99.7 Å². The summed E-state index contributed by atoms with van der Waals surface area (Å²) in [6, 6.07) is 11.1. The zero-order valence-corrected chi connectivity index (χ0v) is 11.3. The van der Waals surface area contributed by atoms with E-state index in [1.54, 1.807) is 0 Å². The van der Waals surface area contributed by atoms with E-state index in [1.807, 2.05) is 32.0 Å². The highest BCUT2D eigenvalue weighted by atomic mass is 28.3. The first-order chi connectivity index (χ1) is 7.77. The van der Waals surface area contributed by atoms with Crippen LogP contribution in [-0.2, 0) is 8.85 Å². The molecule has 88 valence electrons. The van der Waals surface area contributed by atoms with Gasteiger partial charge in [0.2, 0.25) is 0 Å². The van der Waals surface area contributed by atoms with E-state index in [9.17, 15) is 0 Å². The molecule has 0 spiro atoms. The lowest BCUT2D eigenvalue weighted by Crippen LogP contribution is -2.22. The Morgan fingerprint density at radius 2 is 1.69 bits per heavy atom. The Morgan fingerprint density at radius 1 is 1.12 bits per heavy atom. The molecule has 0 heterocycles. The molecular formula is C13H20O2Si. The van der Waals surface area contributed by atoms with Gasteiger partial charge in [-0.15, -0.1) is 0 Å². The fourth-order valence-corrected chi connectivity index (χ4v) is 3.24. The third-order valence-corrected chi connectivity index (χ3v) is 4.54. The molecular weight excluding hydrogens is 216 g/mol. The van der Waals surface area contributed by atoms with Crippen molar-refractivity contribution in [3.05, 3.63) is 42.5 Å². The predicted octanol–water partition coefficient (Wildman–Crippen LogP) is 2.99. The third kappa shape index (κ3) is 4.31. The molecule has 0 bridgehead atoms. The van der Waals surface area contributed by atoms with Crippen molar-refractivity contribution in [1.29, 1.82) is 0 Å². The molecule has 2 nitrogen and oxygen atoms in total. The molecule has 0 amide bonds. The van der Waals surface area contributed by atoms with Gasteiger partial charge in [0, 0.05) is 19.3 Å². The third-order valence-electron chi connectivity index (χ3n) is 2.30. The summed E-state index contributed by atoms with van der Waals surface area (Å²) >= 11 is 0. The highest BCUT2D eigenvalue weighted by molar-refractivity contribution is 6.47. The molecule has 0 fully saturated rings. The fraction of sp³-hybridized carbons (Fsp3) is 0.385. The second kappa shape index (κ2) is 7.38. The maximum absolute atomic E-state index is 5.63. The highest BCUT2D eigenvalue weighted by Gasteiger charge is 2.14. The summed E-state index contributed by atoms with van der Waals surface area (Å²) in [7, 11) is -1.56. The monoisotopic (exact) mass is 236 g/mol. The highest BCUT2D eigenvalue weighted by Crippen LogP contribution is 2.18. The van der Waals surface area contributed by atoms with Gasteiger partial charge in [-0.3, -0.25) is 0 Å². The van der Waals surface area contributed by atoms with E-state index in [2.05, 4.69) is 18.7 Å². The second-order valence-electron chi connectivity index (χ2n) is 3.51. The molecule has 0 aliphatic carbocycles. The van der Waals surface area contributed by atoms with Crippen LogP contribution in [0.4, 0.5) is 0 Å². The lowest BCUT2D eigenvalue weighted by Gasteiger charge is -2.16. The maximum atomic E-state index is 5.63. The average Bonchev–Trinajstić information content (AvgIpc) is 2.31. The normalized spacial score (nSPS) is 10.7. The first-order valence-electron chi connectivity index (χ1n) is 5.74. The van der Waals surface area contributed by atoms with Gasteiger partial charge in [-0.2, -0.15) is 0 Å². The van der Waals surface area contributed by atoms with Crippen LogP contribution in [-0.4, -0.2) is 22.5 Å². The maximum Gasteiger partial charge on any atom is 0.325 e. The first-order valence-corrected chi connectivity index (χ1v) is 7.50. The molecule has 0 saturated carbocycles. The van der Waals surface area contributed by atoms with Gasteiger partial charge in [0.1, 0.15) is 0 Å². The molecule has 0 unspecified atom stereocenters. The van der Waals surface area contributed by atoms with Crippen LogP contribution in [0.25, 0.3) is 5.57 Å². The minimum absolute atomic E-state index is 0.721. The summed E-state index contributed by atoms with van der Waals surface area (Å²) in [6.07, 6.45) is 0. The minimum Gasteiger partial charge on any atom is -0.397 e. The van der Waals surface area contributed by atoms with Crippen LogP contribution in [0.1, 0.15) is 19.4 Å². The largest absolute Gasteiger partial charge is 0.397 e. The van der Waals surface area contributed by atoms with E-state index in [1.165, 1.54) is 5.56 Å². The van der Waals surface area contributed by atoms with Crippen molar-refractivity contribution in [1.82, 2.24) is 0 Å². The topological polar surface area (TPSA) is 18.5 Å². The summed E-state index contributed by atoms with van der Waals surface area (Å²) in [4.78, 5) is 0. The smallest absolute Gasteiger partial charge is 0.325 e. The van der Waals surface area contributed by atoms with E-state index < -0.39 is 9.28 Å². The Balaban J connectivity index is 2.54. The molecule has 1 aromatic carbocycles. The molecule has 0 aliphatic rings. The predicted molar refractivity (Wildman–Crippen MR) is 70.7 cm³/mol. The van der Waals surface area contributed by atoms with Crippen LogP contribution in [0.3, 0.4) is 0 Å². The standard InChI is InChI=1S/C13H20O2Si/c1-4-14-16(15-5-2)11-12(3)13-9-7-6-8-10-13/h6-10,16H,3-5,11H2,1-2H3. The first kappa shape index (κ1) is 13.2. The summed E-state index contributed by atoms with van der Waals surface area (Å²) in [5.41, 5.74) is 2.29. The van der Waals surface area contributed by atoms with Crippen LogP contribution in [0.15, 0.2) is 36.9 Å². The number of allylic oxidation sites excluding steroid dienone is 1. The molecule has 1 aromatic rings. The molecule has 0 N–H and O–H groups in total. The van der Waals surface area contributed by atoms with E-state index in [4.69, 9.17) is 8.85 Å². The van der Waals surface area contributed by atoms with Crippen molar-refractivity contribution in [2.24, 2.45) is 0 Å². The van der Waals surface area contributed by atoms with E-state index in [-0.39, 0.29) is 0 Å². The SMILES string of the molecule is C=C(C[SiH](OCC)OCC)c1ccccc1. The Kier molecular flexibility index (Phi) is 6.07. The molecule has 3 heteroatoms. The molecule has 16 heavy (non-hydrogen) atoms. The summed E-state index contributed by atoms with van der Waals surface area (Å²) in [5.74, 6) is 0. The van der Waals surface area contributed by atoms with Crippen molar-refractivity contribution in [2.75, 3.05) is 13.2 Å². The Bertz CT molecular complexity index is 305. The number of rotatable bonds is 7. The van der Waals surface area contributed by atoms with Gasteiger partial charge in [0.15, 0.2) is 0 Å². The van der Waals surface area contributed by atoms with E-state index in [0.717, 1.165) is 24.8 Å². The molecule has 0 aromatic heterocycles. The van der Waals surface area contributed by atoms with Crippen LogP contribution < -0.4 is 0 Å². The van der Waals surface area contributed by atoms with Crippen molar-refractivity contribution in [2.45, 2.75) is 19.9 Å². The lowest BCUT2D eigenvalue weighted by molar-refractivity contribution is 0.216. The van der Waals surface area contributed by atoms with Crippen molar-refractivity contribution >= 4 is 14.9 Å². The summed E-state index contributed by atoms with van der Waals surface area (Å²) in [6.45, 7) is 9.55. The van der Waals surface area contributed by atoms with Gasteiger partial charge in [0.05, 0.1) is 0 Å². The van der Waals surface area contributed by atoms with Crippen LogP contribution in [0, 0.1) is 0 Å². The number of benzene rings is 1. The van der Waals surface area contributed by atoms with Crippen molar-refractivity contribution < 1.29 is 8.85 Å². The van der Waals surface area contributed by atoms with Crippen molar-refractivity contribution in [3.63, 3.8) is 0 Å². The van der Waals surface area contributed by atoms with E-state index >= 15 is 0 Å². The van der Waals surface area contributed by atoms with Crippen LogP contribution in [0.2, 0.25) is 6.04 Å². The quantitative estimate of drug-likeness (QED) is 0.678. The summed E-state index contributed by atoms with van der Waals surface area (Å²) < 4.78 is 11.3. The van der Waals surface area contributed by atoms with Crippen LogP contribution in [0.5, 0.6) is 0 Å². The zero-order chi connectivity index (χ0) is 11.8. The lowest BCUT2D eigenvalue weighted by atomic mass is 10.1. The number of hydrogen-bond donors (Lipinski definition) is 0. The van der Waals surface area contributed by atoms with Crippen LogP contribution >= 0.6 is 0 Å². The zero-order valence-electron chi connectivity index (χ0n) is 10.1. The summed E-state index contributed by atoms with van der Waals surface area (Å²) in [5, 5.41) is 0. The Hall–Kier alpha value is -0.903. The average molecular weight is 236 g/mol. The van der Waals surface area contributed by atoms with Gasteiger partial charge in [0.25, 0.3) is 0 Å². The van der Waals surface area contributed by atoms with E-state index in [0.29, 0.717) is 0 Å². The molecule has 0 radical (unpaired) electrons. The van der Waals surface area contributed by atoms with Gasteiger partial charge >= 0.3 is 9.28 Å². The van der Waals surface area contributed by atoms with Crippen molar-refractivity contribution in [3.8, 4) is 0 Å². The van der Waals surface area contributed by atoms with Gasteiger partial charge in [-0.05, 0) is 25.0 Å². The van der Waals surface area contributed by atoms with Gasteiger partial charge in [-0.1, -0.05) is 36.9 Å². The Morgan fingerprint density at radius 3 is 2.19 bits per heavy atom. The molecule has 0 aliphatic heterocycles. The fourth-order valence-electron chi connectivity index (χ4n) is 1.53.